The van der Waals surface area contributed by atoms with Crippen molar-refractivity contribution in [1.82, 2.24) is 4.57 Å². The summed E-state index contributed by atoms with van der Waals surface area (Å²) in [7, 11) is 0. The van der Waals surface area contributed by atoms with Crippen LogP contribution in [0.25, 0.3) is 0 Å². The summed E-state index contributed by atoms with van der Waals surface area (Å²) < 4.78 is 14.0. The Morgan fingerprint density at radius 3 is 2.52 bits per heavy atom. The van der Waals surface area contributed by atoms with Crippen LogP contribution in [0.15, 0.2) is 47.5 Å². The summed E-state index contributed by atoms with van der Waals surface area (Å²) in [5, 5.41) is 10.7. The molecular formula is C14H11FN2O4. The van der Waals surface area contributed by atoms with Gasteiger partial charge in [-0.25, -0.2) is 4.39 Å². The van der Waals surface area contributed by atoms with E-state index in [0.717, 1.165) is 12.3 Å². The minimum absolute atomic E-state index is 0.0835. The standard InChI is InChI=1S/C14H11FN2O4/c15-11-3-1-10(2-4-11)7-12(18)8-16-6-5-14(19)13(9-16)17(20)21/h1-6,9H,7-8H2. The number of Topliss-reactive ketones (excluding diaryl/α,β-unsaturated/α-hetero) is 1. The average Bonchev–Trinajstić information content (AvgIpc) is 2.43. The molecule has 0 N–H and O–H groups in total. The second-order valence-electron chi connectivity index (χ2n) is 4.47. The van der Waals surface area contributed by atoms with Gasteiger partial charge in [-0.3, -0.25) is 19.7 Å². The number of nitrogens with zero attached hydrogens (tertiary/aromatic N) is 2. The molecule has 0 bridgehead atoms. The largest absolute Gasteiger partial charge is 0.341 e. The number of rotatable bonds is 5. The minimum atomic E-state index is -0.788. The van der Waals surface area contributed by atoms with Crippen LogP contribution in [0.5, 0.6) is 0 Å². The van der Waals surface area contributed by atoms with Crippen molar-refractivity contribution in [3.63, 3.8) is 0 Å². The van der Waals surface area contributed by atoms with E-state index in [1.807, 2.05) is 0 Å². The molecule has 2 rings (SSSR count). The molecule has 0 saturated heterocycles. The summed E-state index contributed by atoms with van der Waals surface area (Å²) in [5.74, 6) is -0.596. The number of halogens is 1. The predicted octanol–water partition coefficient (Wildman–Crippen LogP) is 1.71. The summed E-state index contributed by atoms with van der Waals surface area (Å²) in [6, 6.07) is 6.56. The number of benzene rings is 1. The number of ketones is 1. The van der Waals surface area contributed by atoms with Crippen molar-refractivity contribution in [3.8, 4) is 0 Å². The van der Waals surface area contributed by atoms with Gasteiger partial charge in [-0.05, 0) is 17.7 Å². The van der Waals surface area contributed by atoms with Crippen molar-refractivity contribution in [2.75, 3.05) is 0 Å². The lowest BCUT2D eigenvalue weighted by molar-refractivity contribution is -0.386. The van der Waals surface area contributed by atoms with E-state index in [4.69, 9.17) is 0 Å². The van der Waals surface area contributed by atoms with E-state index in [1.54, 1.807) is 0 Å². The van der Waals surface area contributed by atoms with Crippen LogP contribution in [-0.4, -0.2) is 15.3 Å². The summed E-state index contributed by atoms with van der Waals surface area (Å²) in [6.07, 6.45) is 2.43. The van der Waals surface area contributed by atoms with Gasteiger partial charge in [0.1, 0.15) is 5.82 Å². The number of aromatic nitrogens is 1. The monoisotopic (exact) mass is 290 g/mol. The summed E-state index contributed by atoms with van der Waals surface area (Å²) in [5.41, 5.74) is -0.633. The summed E-state index contributed by atoms with van der Waals surface area (Å²) >= 11 is 0. The number of carbonyl (C=O) groups is 1. The third-order valence-corrected chi connectivity index (χ3v) is 2.83. The third-order valence-electron chi connectivity index (χ3n) is 2.83. The first-order valence-electron chi connectivity index (χ1n) is 6.06. The molecule has 7 heteroatoms. The first-order chi connectivity index (χ1) is 9.95. The van der Waals surface area contributed by atoms with Gasteiger partial charge in [-0.2, -0.15) is 0 Å². The molecule has 1 heterocycles. The Morgan fingerprint density at radius 1 is 1.24 bits per heavy atom. The van der Waals surface area contributed by atoms with Crippen LogP contribution in [-0.2, 0) is 17.8 Å². The number of hydrogen-bond donors (Lipinski definition) is 0. The van der Waals surface area contributed by atoms with Crippen LogP contribution in [0, 0.1) is 15.9 Å². The number of carbonyl (C=O) groups excluding carboxylic acids is 1. The molecule has 2 aromatic rings. The van der Waals surface area contributed by atoms with Gasteiger partial charge in [0.2, 0.25) is 0 Å². The van der Waals surface area contributed by atoms with E-state index in [9.17, 15) is 24.1 Å². The van der Waals surface area contributed by atoms with Crippen molar-refractivity contribution < 1.29 is 14.1 Å². The van der Waals surface area contributed by atoms with Gasteiger partial charge >= 0.3 is 5.69 Å². The fourth-order valence-electron chi connectivity index (χ4n) is 1.84. The van der Waals surface area contributed by atoms with E-state index < -0.39 is 16.0 Å². The van der Waals surface area contributed by atoms with E-state index in [2.05, 4.69) is 0 Å². The molecule has 0 aliphatic heterocycles. The van der Waals surface area contributed by atoms with E-state index >= 15 is 0 Å². The lowest BCUT2D eigenvalue weighted by Gasteiger charge is -2.05. The van der Waals surface area contributed by atoms with Crippen LogP contribution in [0.1, 0.15) is 5.56 Å². The zero-order valence-corrected chi connectivity index (χ0v) is 10.9. The predicted molar refractivity (Wildman–Crippen MR) is 72.5 cm³/mol. The molecule has 0 aliphatic carbocycles. The highest BCUT2D eigenvalue weighted by molar-refractivity contribution is 5.80. The van der Waals surface area contributed by atoms with Crippen molar-refractivity contribution in [1.29, 1.82) is 0 Å². The average molecular weight is 290 g/mol. The van der Waals surface area contributed by atoms with Crippen molar-refractivity contribution >= 4 is 11.5 Å². The first-order valence-corrected chi connectivity index (χ1v) is 6.06. The Labute approximate surface area is 118 Å². The molecule has 108 valence electrons. The Kier molecular flexibility index (Phi) is 4.22. The van der Waals surface area contributed by atoms with Gasteiger partial charge in [0.05, 0.1) is 17.7 Å². The molecule has 0 unspecified atom stereocenters. The fraction of sp³-hybridized carbons (Fsp3) is 0.143. The number of nitro groups is 1. The normalized spacial score (nSPS) is 10.3. The topological polar surface area (TPSA) is 82.2 Å². The molecule has 0 radical (unpaired) electrons. The van der Waals surface area contributed by atoms with E-state index in [-0.39, 0.29) is 24.6 Å². The van der Waals surface area contributed by atoms with Gasteiger partial charge in [0.25, 0.3) is 5.43 Å². The maximum Gasteiger partial charge on any atom is 0.332 e. The Morgan fingerprint density at radius 2 is 1.90 bits per heavy atom. The van der Waals surface area contributed by atoms with Gasteiger partial charge in [-0.15, -0.1) is 0 Å². The lowest BCUT2D eigenvalue weighted by Crippen LogP contribution is -2.16. The van der Waals surface area contributed by atoms with Crippen molar-refractivity contribution in [2.24, 2.45) is 0 Å². The maximum atomic E-state index is 12.7. The van der Waals surface area contributed by atoms with Gasteiger partial charge in [0.15, 0.2) is 5.78 Å². The molecule has 21 heavy (non-hydrogen) atoms. The quantitative estimate of drug-likeness (QED) is 0.620. The SMILES string of the molecule is O=C(Cc1ccc(F)cc1)Cn1ccc(=O)c([N+](=O)[O-])c1. The van der Waals surface area contributed by atoms with Crippen LogP contribution in [0.4, 0.5) is 10.1 Å². The molecule has 0 aliphatic rings. The zero-order valence-electron chi connectivity index (χ0n) is 10.9. The highest BCUT2D eigenvalue weighted by Gasteiger charge is 2.13. The minimum Gasteiger partial charge on any atom is -0.341 e. The number of pyridine rings is 1. The lowest BCUT2D eigenvalue weighted by atomic mass is 10.1. The smallest absolute Gasteiger partial charge is 0.332 e. The van der Waals surface area contributed by atoms with E-state index in [0.29, 0.717) is 5.56 Å². The second-order valence-corrected chi connectivity index (χ2v) is 4.47. The second kappa shape index (κ2) is 6.08. The van der Waals surface area contributed by atoms with Crippen molar-refractivity contribution in [3.05, 3.63) is 74.4 Å². The summed E-state index contributed by atoms with van der Waals surface area (Å²) in [6.45, 7) is -0.0987. The van der Waals surface area contributed by atoms with Crippen LogP contribution in [0.3, 0.4) is 0 Å². The van der Waals surface area contributed by atoms with Gasteiger partial charge in [-0.1, -0.05) is 12.1 Å². The Hall–Kier alpha value is -2.83. The first kappa shape index (κ1) is 14.6. The Balaban J connectivity index is 2.09. The van der Waals surface area contributed by atoms with Gasteiger partial charge < -0.3 is 4.57 Å². The zero-order chi connectivity index (χ0) is 15.4. The molecule has 0 fully saturated rings. The molecule has 0 saturated carbocycles. The highest BCUT2D eigenvalue weighted by Crippen LogP contribution is 2.06. The molecule has 1 aromatic heterocycles. The number of hydrogen-bond acceptors (Lipinski definition) is 4. The van der Waals surface area contributed by atoms with E-state index in [1.165, 1.54) is 35.0 Å². The third kappa shape index (κ3) is 3.82. The molecule has 0 spiro atoms. The molecule has 1 aromatic carbocycles. The molecule has 6 nitrogen and oxygen atoms in total. The fourth-order valence-corrected chi connectivity index (χ4v) is 1.84. The maximum absolute atomic E-state index is 12.7. The van der Waals surface area contributed by atoms with Crippen LogP contribution in [0.2, 0.25) is 0 Å². The van der Waals surface area contributed by atoms with Crippen LogP contribution < -0.4 is 5.43 Å². The molecule has 0 amide bonds. The van der Waals surface area contributed by atoms with Crippen LogP contribution >= 0.6 is 0 Å². The van der Waals surface area contributed by atoms with Gasteiger partial charge in [0, 0.05) is 18.7 Å². The van der Waals surface area contributed by atoms with Crippen molar-refractivity contribution in [2.45, 2.75) is 13.0 Å². The molecular weight excluding hydrogens is 279 g/mol. The Bertz CT molecular complexity index is 737. The highest BCUT2D eigenvalue weighted by atomic mass is 19.1. The molecule has 0 atom stereocenters. The summed E-state index contributed by atoms with van der Waals surface area (Å²) in [4.78, 5) is 33.0.